The van der Waals surface area contributed by atoms with Crippen LogP contribution in [0.15, 0.2) is 18.2 Å². The summed E-state index contributed by atoms with van der Waals surface area (Å²) >= 11 is 0. The van der Waals surface area contributed by atoms with Crippen molar-refractivity contribution in [2.75, 3.05) is 65.9 Å². The highest BCUT2D eigenvalue weighted by molar-refractivity contribution is 5.96. The Morgan fingerprint density at radius 2 is 1.15 bits per heavy atom. The van der Waals surface area contributed by atoms with Crippen molar-refractivity contribution in [1.29, 1.82) is 0 Å². The molecule has 1 aromatic rings. The van der Waals surface area contributed by atoms with Crippen LogP contribution < -0.4 is 10.6 Å². The number of pyridine rings is 1. The van der Waals surface area contributed by atoms with Crippen LogP contribution in [0.5, 0.6) is 0 Å². The van der Waals surface area contributed by atoms with Gasteiger partial charge in [-0.2, -0.15) is 0 Å². The molecule has 2 amide bonds. The molecule has 0 radical (unpaired) electrons. The number of hydrogen-bond acceptors (Lipinski definition) is 11. The molecule has 0 spiro atoms. The van der Waals surface area contributed by atoms with E-state index in [1.807, 2.05) is 27.7 Å². The zero-order valence-corrected chi connectivity index (χ0v) is 23.6. The number of hydrogen-bond donors (Lipinski definition) is 2. The molecule has 2 saturated heterocycles. The molecule has 3 aliphatic heterocycles. The van der Waals surface area contributed by atoms with Crippen LogP contribution in [0, 0.1) is 0 Å². The summed E-state index contributed by atoms with van der Waals surface area (Å²) in [5, 5.41) is 5.49. The molecule has 0 unspecified atom stereocenters. The lowest BCUT2D eigenvalue weighted by Crippen LogP contribution is -2.51. The second-order valence-corrected chi connectivity index (χ2v) is 10.5. The molecule has 40 heavy (non-hydrogen) atoms. The van der Waals surface area contributed by atoms with E-state index in [1.165, 1.54) is 0 Å². The van der Waals surface area contributed by atoms with Gasteiger partial charge in [-0.15, -0.1) is 0 Å². The Labute approximate surface area is 234 Å². The van der Waals surface area contributed by atoms with Crippen molar-refractivity contribution in [3.8, 4) is 0 Å². The molecule has 13 heteroatoms. The summed E-state index contributed by atoms with van der Waals surface area (Å²) in [5.74, 6) is -2.32. The molecular weight excluding hydrogens is 526 g/mol. The van der Waals surface area contributed by atoms with E-state index in [9.17, 15) is 9.59 Å². The minimum absolute atomic E-state index is 0.146. The van der Waals surface area contributed by atoms with Crippen LogP contribution in [0.4, 0.5) is 0 Å². The monoisotopic (exact) mass is 567 g/mol. The summed E-state index contributed by atoms with van der Waals surface area (Å²) in [6.45, 7) is 10.2. The molecule has 0 saturated carbocycles. The molecular formula is C27H41N3O10. The molecule has 2 fully saturated rings. The van der Waals surface area contributed by atoms with Gasteiger partial charge in [0.25, 0.3) is 11.8 Å². The standard InChI is InChI=1S/C27H41N3O10/c1-26(2)37-16-20(39-26)22-23(21-17-38-27(3,4)40-21)36-15-13-34-11-9-29-25(32)19-7-5-6-18(30-19)24(31)28-8-10-33-12-14-35-22/h5-7,20-23H,8-17H2,1-4H3,(H,28,31)(H,29,32)/t20-,21-,22+,23+/m0/s1. The molecule has 0 aromatic carbocycles. The molecule has 4 atom stereocenters. The second kappa shape index (κ2) is 14.1. The van der Waals surface area contributed by atoms with Crippen LogP contribution in [0.1, 0.15) is 48.7 Å². The average Bonchev–Trinajstić information content (AvgIpc) is 3.47. The van der Waals surface area contributed by atoms with Gasteiger partial charge in [-0.1, -0.05) is 6.07 Å². The maximum Gasteiger partial charge on any atom is 0.269 e. The van der Waals surface area contributed by atoms with Gasteiger partial charge in [-0.3, -0.25) is 9.59 Å². The smallest absolute Gasteiger partial charge is 0.269 e. The minimum Gasteiger partial charge on any atom is -0.377 e. The van der Waals surface area contributed by atoms with Crippen molar-refractivity contribution >= 4 is 11.8 Å². The molecule has 2 N–H and O–H groups in total. The van der Waals surface area contributed by atoms with Gasteiger partial charge in [0.1, 0.15) is 35.8 Å². The number of nitrogens with one attached hydrogen (secondary N) is 2. The zero-order valence-electron chi connectivity index (χ0n) is 23.6. The number of ether oxygens (including phenoxy) is 8. The van der Waals surface area contributed by atoms with E-state index in [1.54, 1.807) is 18.2 Å². The van der Waals surface area contributed by atoms with Crippen LogP contribution in [0.3, 0.4) is 0 Å². The Morgan fingerprint density at radius 1 is 0.700 bits per heavy atom. The van der Waals surface area contributed by atoms with Gasteiger partial charge >= 0.3 is 0 Å². The summed E-state index contributed by atoms with van der Waals surface area (Å²) in [5.41, 5.74) is 0.291. The first-order chi connectivity index (χ1) is 19.1. The van der Waals surface area contributed by atoms with Crippen molar-refractivity contribution in [2.24, 2.45) is 0 Å². The fraction of sp³-hybridized carbons (Fsp3) is 0.741. The Morgan fingerprint density at radius 3 is 1.55 bits per heavy atom. The maximum absolute atomic E-state index is 12.5. The van der Waals surface area contributed by atoms with Crippen molar-refractivity contribution in [1.82, 2.24) is 15.6 Å². The summed E-state index contributed by atoms with van der Waals surface area (Å²) in [6, 6.07) is 4.71. The van der Waals surface area contributed by atoms with E-state index in [4.69, 9.17) is 37.9 Å². The predicted octanol–water partition coefficient (Wildman–Crippen LogP) is 0.661. The van der Waals surface area contributed by atoms with Gasteiger partial charge < -0.3 is 48.5 Å². The van der Waals surface area contributed by atoms with Crippen LogP contribution in [0.25, 0.3) is 0 Å². The molecule has 2 bridgehead atoms. The van der Waals surface area contributed by atoms with E-state index in [2.05, 4.69) is 15.6 Å². The SMILES string of the molecule is CC1(C)OC[C@@H]([C@H]2OCCOCCNC(=O)c3cccc(n3)C(=O)NCCOCCO[C@@H]2[C@@H]2COC(C)(C)O2)O1. The molecule has 0 aliphatic carbocycles. The highest BCUT2D eigenvalue weighted by Crippen LogP contribution is 2.32. The second-order valence-electron chi connectivity index (χ2n) is 10.5. The highest BCUT2D eigenvalue weighted by atomic mass is 16.8. The minimum atomic E-state index is -0.761. The van der Waals surface area contributed by atoms with Crippen LogP contribution in [-0.4, -0.2) is 119 Å². The van der Waals surface area contributed by atoms with Gasteiger partial charge in [-0.05, 0) is 39.8 Å². The quantitative estimate of drug-likeness (QED) is 0.520. The fourth-order valence-electron chi connectivity index (χ4n) is 4.61. The largest absolute Gasteiger partial charge is 0.377 e. The lowest BCUT2D eigenvalue weighted by atomic mass is 10.0. The first-order valence-corrected chi connectivity index (χ1v) is 13.7. The average molecular weight is 568 g/mol. The van der Waals surface area contributed by atoms with Crippen molar-refractivity contribution in [3.63, 3.8) is 0 Å². The van der Waals surface area contributed by atoms with E-state index in [0.29, 0.717) is 13.2 Å². The third-order valence-electron chi connectivity index (χ3n) is 6.47. The third-order valence-corrected chi connectivity index (χ3v) is 6.47. The van der Waals surface area contributed by atoms with Crippen molar-refractivity contribution in [3.05, 3.63) is 29.6 Å². The summed E-state index contributed by atoms with van der Waals surface area (Å²) in [6.07, 6.45) is -1.91. The molecule has 4 rings (SSSR count). The number of nitrogens with zero attached hydrogens (tertiary/aromatic N) is 1. The number of carbonyl (C=O) groups is 2. The molecule has 1 aromatic heterocycles. The number of rotatable bonds is 2. The molecule has 13 nitrogen and oxygen atoms in total. The lowest BCUT2D eigenvalue weighted by molar-refractivity contribution is -0.207. The van der Waals surface area contributed by atoms with Gasteiger partial charge in [0.15, 0.2) is 11.6 Å². The number of aromatic nitrogens is 1. The first kappa shape index (κ1) is 30.7. The van der Waals surface area contributed by atoms with Gasteiger partial charge in [0.2, 0.25) is 0 Å². The Balaban J connectivity index is 1.43. The molecule has 4 heterocycles. The molecule has 3 aliphatic rings. The lowest BCUT2D eigenvalue weighted by Gasteiger charge is -2.34. The Kier molecular flexibility index (Phi) is 10.8. The van der Waals surface area contributed by atoms with Crippen LogP contribution >= 0.6 is 0 Å². The normalized spacial score (nSPS) is 31.1. The fourth-order valence-corrected chi connectivity index (χ4v) is 4.61. The predicted molar refractivity (Wildman–Crippen MR) is 140 cm³/mol. The van der Waals surface area contributed by atoms with Crippen molar-refractivity contribution in [2.45, 2.75) is 63.7 Å². The van der Waals surface area contributed by atoms with E-state index < -0.39 is 47.8 Å². The van der Waals surface area contributed by atoms with E-state index >= 15 is 0 Å². The Hall–Kier alpha value is -2.23. The zero-order chi connectivity index (χ0) is 28.6. The van der Waals surface area contributed by atoms with Gasteiger partial charge in [0, 0.05) is 13.1 Å². The number of fused-ring (bicyclic) bond motifs is 2. The summed E-state index contributed by atoms with van der Waals surface area (Å²) in [4.78, 5) is 29.1. The van der Waals surface area contributed by atoms with Crippen LogP contribution in [-0.2, 0) is 37.9 Å². The summed E-state index contributed by atoms with van der Waals surface area (Å²) < 4.78 is 47.9. The van der Waals surface area contributed by atoms with E-state index in [-0.39, 0.29) is 64.1 Å². The summed E-state index contributed by atoms with van der Waals surface area (Å²) in [7, 11) is 0. The number of amides is 2. The first-order valence-electron chi connectivity index (χ1n) is 13.7. The van der Waals surface area contributed by atoms with Gasteiger partial charge in [-0.25, -0.2) is 4.98 Å². The van der Waals surface area contributed by atoms with E-state index in [0.717, 1.165) is 0 Å². The highest BCUT2D eigenvalue weighted by Gasteiger charge is 2.48. The van der Waals surface area contributed by atoms with Crippen molar-refractivity contribution < 1.29 is 47.5 Å². The Bertz CT molecular complexity index is 918. The van der Waals surface area contributed by atoms with Gasteiger partial charge in [0.05, 0.1) is 52.9 Å². The maximum atomic E-state index is 12.5. The third kappa shape index (κ3) is 8.88. The van der Waals surface area contributed by atoms with Crippen LogP contribution in [0.2, 0.25) is 0 Å². The topological polar surface area (TPSA) is 145 Å². The molecule has 224 valence electrons. The number of carbonyl (C=O) groups excluding carboxylic acids is 2.